The second-order valence-electron chi connectivity index (χ2n) is 4.35. The van der Waals surface area contributed by atoms with E-state index in [1.54, 1.807) is 0 Å². The molecule has 1 aliphatic heterocycles. The molecule has 0 aliphatic carbocycles. The average Bonchev–Trinajstić information content (AvgIpc) is 2.78. The minimum atomic E-state index is 0.323. The van der Waals surface area contributed by atoms with Crippen molar-refractivity contribution in [3.63, 3.8) is 0 Å². The molecule has 1 saturated heterocycles. The van der Waals surface area contributed by atoms with E-state index in [9.17, 15) is 0 Å². The highest BCUT2D eigenvalue weighted by Gasteiger charge is 2.21. The summed E-state index contributed by atoms with van der Waals surface area (Å²) in [6.45, 7) is 8.64. The van der Waals surface area contributed by atoms with Crippen LogP contribution in [-0.4, -0.2) is 46.3 Å². The third-order valence-corrected chi connectivity index (χ3v) is 3.11. The number of piperazine rings is 1. The first kappa shape index (κ1) is 11.5. The van der Waals surface area contributed by atoms with Gasteiger partial charge < -0.3 is 5.32 Å². The molecular formula is C11H21N5. The SMILES string of the molecule is CCCc1nc(C(C)N2CCNCC2)n[nH]1. The van der Waals surface area contributed by atoms with E-state index in [1.165, 1.54) is 0 Å². The first-order chi connectivity index (χ1) is 7.81. The van der Waals surface area contributed by atoms with E-state index in [2.05, 4.69) is 39.2 Å². The first-order valence-electron chi connectivity index (χ1n) is 6.17. The van der Waals surface area contributed by atoms with Crippen LogP contribution in [0.25, 0.3) is 0 Å². The zero-order chi connectivity index (χ0) is 11.4. The minimum Gasteiger partial charge on any atom is -0.314 e. The molecular weight excluding hydrogens is 202 g/mol. The number of aromatic nitrogens is 3. The standard InChI is InChI=1S/C11H21N5/c1-3-4-10-13-11(15-14-10)9(2)16-7-5-12-6-8-16/h9,12H,3-8H2,1-2H3,(H,13,14,15). The number of nitrogens with zero attached hydrogens (tertiary/aromatic N) is 3. The molecule has 2 N–H and O–H groups in total. The molecule has 1 aromatic rings. The van der Waals surface area contributed by atoms with Gasteiger partial charge in [0, 0.05) is 32.6 Å². The lowest BCUT2D eigenvalue weighted by molar-refractivity contribution is 0.179. The Morgan fingerprint density at radius 1 is 1.38 bits per heavy atom. The zero-order valence-electron chi connectivity index (χ0n) is 10.2. The fourth-order valence-electron chi connectivity index (χ4n) is 2.08. The molecule has 0 radical (unpaired) electrons. The Balaban J connectivity index is 1.98. The van der Waals surface area contributed by atoms with Crippen molar-refractivity contribution in [3.8, 4) is 0 Å². The van der Waals surface area contributed by atoms with E-state index < -0.39 is 0 Å². The first-order valence-corrected chi connectivity index (χ1v) is 6.17. The van der Waals surface area contributed by atoms with Crippen LogP contribution < -0.4 is 5.32 Å². The number of hydrogen-bond acceptors (Lipinski definition) is 4. The van der Waals surface area contributed by atoms with Gasteiger partial charge in [0.15, 0.2) is 5.82 Å². The number of hydrogen-bond donors (Lipinski definition) is 2. The Bertz CT molecular complexity index is 316. The van der Waals surface area contributed by atoms with Gasteiger partial charge in [0.1, 0.15) is 5.82 Å². The summed E-state index contributed by atoms with van der Waals surface area (Å²) in [6, 6.07) is 0.323. The fourth-order valence-corrected chi connectivity index (χ4v) is 2.08. The molecule has 1 aliphatic rings. The number of H-pyrrole nitrogens is 1. The summed E-state index contributed by atoms with van der Waals surface area (Å²) in [7, 11) is 0. The molecule has 0 spiro atoms. The third kappa shape index (κ3) is 2.59. The third-order valence-electron chi connectivity index (χ3n) is 3.11. The monoisotopic (exact) mass is 223 g/mol. The average molecular weight is 223 g/mol. The van der Waals surface area contributed by atoms with E-state index in [0.717, 1.165) is 50.7 Å². The smallest absolute Gasteiger partial charge is 0.167 e. The molecule has 0 saturated carbocycles. The van der Waals surface area contributed by atoms with Crippen molar-refractivity contribution < 1.29 is 0 Å². The fraction of sp³-hybridized carbons (Fsp3) is 0.818. The highest BCUT2D eigenvalue weighted by Crippen LogP contribution is 2.16. The summed E-state index contributed by atoms with van der Waals surface area (Å²) < 4.78 is 0. The summed E-state index contributed by atoms with van der Waals surface area (Å²) in [5.74, 6) is 1.95. The molecule has 2 rings (SSSR count). The van der Waals surface area contributed by atoms with Crippen LogP contribution >= 0.6 is 0 Å². The summed E-state index contributed by atoms with van der Waals surface area (Å²) in [5, 5.41) is 10.7. The Hall–Kier alpha value is -0.940. The Labute approximate surface area is 96.6 Å². The van der Waals surface area contributed by atoms with Crippen LogP contribution in [0.15, 0.2) is 0 Å². The van der Waals surface area contributed by atoms with Gasteiger partial charge in [-0.2, -0.15) is 5.10 Å². The van der Waals surface area contributed by atoms with Gasteiger partial charge in [-0.1, -0.05) is 6.92 Å². The van der Waals surface area contributed by atoms with Crippen LogP contribution in [0, 0.1) is 0 Å². The maximum absolute atomic E-state index is 4.55. The quantitative estimate of drug-likeness (QED) is 0.790. The second-order valence-corrected chi connectivity index (χ2v) is 4.35. The molecule has 5 heteroatoms. The van der Waals surface area contributed by atoms with Crippen LogP contribution in [0.4, 0.5) is 0 Å². The van der Waals surface area contributed by atoms with Gasteiger partial charge in [-0.25, -0.2) is 4.98 Å². The van der Waals surface area contributed by atoms with Gasteiger partial charge in [0.25, 0.3) is 0 Å². The van der Waals surface area contributed by atoms with Crippen LogP contribution in [0.1, 0.15) is 38.0 Å². The highest BCUT2D eigenvalue weighted by atomic mass is 15.3. The maximum atomic E-state index is 4.55. The molecule has 1 aromatic heterocycles. The number of aryl methyl sites for hydroxylation is 1. The summed E-state index contributed by atoms with van der Waals surface area (Å²) in [4.78, 5) is 6.97. The topological polar surface area (TPSA) is 56.8 Å². The lowest BCUT2D eigenvalue weighted by Gasteiger charge is -2.31. The summed E-state index contributed by atoms with van der Waals surface area (Å²) in [6.07, 6.45) is 2.10. The van der Waals surface area contributed by atoms with E-state index in [4.69, 9.17) is 0 Å². The molecule has 1 atom stereocenters. The maximum Gasteiger partial charge on any atom is 0.167 e. The van der Waals surface area contributed by atoms with Crippen molar-refractivity contribution in [1.29, 1.82) is 0 Å². The van der Waals surface area contributed by atoms with Gasteiger partial charge in [-0.05, 0) is 13.3 Å². The van der Waals surface area contributed by atoms with Gasteiger partial charge in [0.2, 0.25) is 0 Å². The Morgan fingerprint density at radius 3 is 2.81 bits per heavy atom. The largest absolute Gasteiger partial charge is 0.314 e. The molecule has 2 heterocycles. The van der Waals surface area contributed by atoms with Crippen molar-refractivity contribution >= 4 is 0 Å². The lowest BCUT2D eigenvalue weighted by atomic mass is 10.2. The minimum absolute atomic E-state index is 0.323. The lowest BCUT2D eigenvalue weighted by Crippen LogP contribution is -2.44. The molecule has 0 aromatic carbocycles. The predicted molar refractivity (Wildman–Crippen MR) is 63.2 cm³/mol. The molecule has 0 bridgehead atoms. The van der Waals surface area contributed by atoms with E-state index in [1.807, 2.05) is 0 Å². The van der Waals surface area contributed by atoms with E-state index in [0.29, 0.717) is 6.04 Å². The van der Waals surface area contributed by atoms with Gasteiger partial charge in [-0.3, -0.25) is 10.00 Å². The van der Waals surface area contributed by atoms with Crippen molar-refractivity contribution in [2.45, 2.75) is 32.7 Å². The van der Waals surface area contributed by atoms with Crippen molar-refractivity contribution in [1.82, 2.24) is 25.4 Å². The van der Waals surface area contributed by atoms with Crippen molar-refractivity contribution in [3.05, 3.63) is 11.6 Å². The van der Waals surface area contributed by atoms with Crippen molar-refractivity contribution in [2.24, 2.45) is 0 Å². The molecule has 90 valence electrons. The van der Waals surface area contributed by atoms with Crippen LogP contribution in [-0.2, 0) is 6.42 Å². The number of aromatic amines is 1. The molecule has 16 heavy (non-hydrogen) atoms. The predicted octanol–water partition coefficient (Wildman–Crippen LogP) is 0.723. The van der Waals surface area contributed by atoms with Crippen LogP contribution in [0.3, 0.4) is 0 Å². The van der Waals surface area contributed by atoms with E-state index in [-0.39, 0.29) is 0 Å². The Morgan fingerprint density at radius 2 is 2.12 bits per heavy atom. The molecule has 1 fully saturated rings. The van der Waals surface area contributed by atoms with E-state index >= 15 is 0 Å². The molecule has 0 amide bonds. The van der Waals surface area contributed by atoms with Gasteiger partial charge in [0.05, 0.1) is 6.04 Å². The summed E-state index contributed by atoms with van der Waals surface area (Å²) in [5.41, 5.74) is 0. The highest BCUT2D eigenvalue weighted by molar-refractivity contribution is 4.97. The number of rotatable bonds is 4. The summed E-state index contributed by atoms with van der Waals surface area (Å²) >= 11 is 0. The zero-order valence-corrected chi connectivity index (χ0v) is 10.2. The van der Waals surface area contributed by atoms with Crippen LogP contribution in [0.5, 0.6) is 0 Å². The normalized spacial score (nSPS) is 19.9. The Kier molecular flexibility index (Phi) is 3.90. The molecule has 5 nitrogen and oxygen atoms in total. The van der Waals surface area contributed by atoms with Crippen molar-refractivity contribution in [2.75, 3.05) is 26.2 Å². The second kappa shape index (κ2) is 5.41. The van der Waals surface area contributed by atoms with Gasteiger partial charge in [-0.15, -0.1) is 0 Å². The number of nitrogens with one attached hydrogen (secondary N) is 2. The molecule has 1 unspecified atom stereocenters. The van der Waals surface area contributed by atoms with Gasteiger partial charge >= 0.3 is 0 Å². The van der Waals surface area contributed by atoms with Crippen LogP contribution in [0.2, 0.25) is 0 Å².